The maximum Gasteiger partial charge on any atom is 0.411 e. The molecule has 0 saturated heterocycles. The molecule has 1 aromatic carbocycles. The Morgan fingerprint density at radius 3 is 2.77 bits per heavy atom. The summed E-state index contributed by atoms with van der Waals surface area (Å²) in [5.41, 5.74) is 2.69. The molecule has 0 unspecified atom stereocenters. The first-order valence-corrected chi connectivity index (χ1v) is 8.26. The highest BCUT2D eigenvalue weighted by Crippen LogP contribution is 2.38. The highest BCUT2D eigenvalue weighted by molar-refractivity contribution is 6.02. The minimum absolute atomic E-state index is 0.124. The number of anilines is 2. The lowest BCUT2D eigenvalue weighted by Gasteiger charge is -2.39. The number of amides is 2. The molecule has 2 heterocycles. The Hall–Kier alpha value is -3.34. The third-order valence-electron chi connectivity index (χ3n) is 4.40. The van der Waals surface area contributed by atoms with Crippen molar-refractivity contribution in [3.63, 3.8) is 0 Å². The smallest absolute Gasteiger partial charge is 0.411 e. The van der Waals surface area contributed by atoms with Crippen molar-refractivity contribution in [2.45, 2.75) is 32.9 Å². The van der Waals surface area contributed by atoms with E-state index in [1.807, 2.05) is 19.2 Å². The Balaban J connectivity index is 2.03. The van der Waals surface area contributed by atoms with Gasteiger partial charge in [0.05, 0.1) is 42.6 Å². The average molecular weight is 353 g/mol. The fourth-order valence-corrected chi connectivity index (χ4v) is 3.27. The predicted molar refractivity (Wildman–Crippen MR) is 95.9 cm³/mol. The van der Waals surface area contributed by atoms with Crippen molar-refractivity contribution in [1.82, 2.24) is 9.78 Å². The fourth-order valence-electron chi connectivity index (χ4n) is 3.27. The molecule has 0 radical (unpaired) electrons. The quantitative estimate of drug-likeness (QED) is 0.914. The summed E-state index contributed by atoms with van der Waals surface area (Å²) < 4.78 is 1.68. The molecule has 0 saturated carbocycles. The highest BCUT2D eigenvalue weighted by atomic mass is 16.4. The largest absolute Gasteiger partial charge is 0.465 e. The average Bonchev–Trinajstić information content (AvgIpc) is 3.07. The normalized spacial score (nSPS) is 16.1. The highest BCUT2D eigenvalue weighted by Gasteiger charge is 2.33. The lowest BCUT2D eigenvalue weighted by molar-refractivity contribution is -0.117. The van der Waals surface area contributed by atoms with Crippen LogP contribution in [0.15, 0.2) is 30.6 Å². The number of carboxylic acid groups (broad SMARTS) is 1. The third-order valence-corrected chi connectivity index (χ3v) is 4.40. The van der Waals surface area contributed by atoms with Crippen LogP contribution in [0.3, 0.4) is 0 Å². The zero-order valence-corrected chi connectivity index (χ0v) is 14.6. The molecule has 0 aliphatic carbocycles. The number of nitriles is 1. The van der Waals surface area contributed by atoms with Gasteiger partial charge in [0, 0.05) is 25.2 Å². The van der Waals surface area contributed by atoms with Crippen molar-refractivity contribution >= 4 is 23.4 Å². The van der Waals surface area contributed by atoms with Crippen molar-refractivity contribution in [3.8, 4) is 17.2 Å². The van der Waals surface area contributed by atoms with Gasteiger partial charge in [-0.15, -0.1) is 0 Å². The van der Waals surface area contributed by atoms with Crippen LogP contribution >= 0.6 is 0 Å². The van der Waals surface area contributed by atoms with Crippen molar-refractivity contribution in [1.29, 1.82) is 5.26 Å². The number of aryl methyl sites for hydroxylation is 1. The summed E-state index contributed by atoms with van der Waals surface area (Å²) in [6.07, 6.45) is 2.81. The van der Waals surface area contributed by atoms with Gasteiger partial charge in [-0.1, -0.05) is 6.07 Å². The van der Waals surface area contributed by atoms with E-state index in [0.29, 0.717) is 24.3 Å². The molecule has 26 heavy (non-hydrogen) atoms. The minimum Gasteiger partial charge on any atom is -0.465 e. The summed E-state index contributed by atoms with van der Waals surface area (Å²) >= 11 is 0. The molecule has 8 heteroatoms. The lowest BCUT2D eigenvalue weighted by Crippen LogP contribution is -2.51. The second-order valence-corrected chi connectivity index (χ2v) is 6.23. The molecule has 0 bridgehead atoms. The number of benzene rings is 1. The summed E-state index contributed by atoms with van der Waals surface area (Å²) in [7, 11) is 0. The van der Waals surface area contributed by atoms with E-state index in [-0.39, 0.29) is 18.5 Å². The molecule has 1 atom stereocenters. The van der Waals surface area contributed by atoms with Gasteiger partial charge in [0.1, 0.15) is 0 Å². The summed E-state index contributed by atoms with van der Waals surface area (Å²) in [4.78, 5) is 26.6. The van der Waals surface area contributed by atoms with Crippen LogP contribution in [0.2, 0.25) is 0 Å². The van der Waals surface area contributed by atoms with E-state index in [0.717, 1.165) is 11.1 Å². The molecule has 1 aliphatic rings. The van der Waals surface area contributed by atoms with Gasteiger partial charge >= 0.3 is 6.09 Å². The fraction of sp³-hybridized carbons (Fsp3) is 0.333. The van der Waals surface area contributed by atoms with E-state index in [1.54, 1.807) is 27.9 Å². The van der Waals surface area contributed by atoms with Gasteiger partial charge in [-0.3, -0.25) is 14.4 Å². The molecular formula is C18H19N5O3. The number of fused-ring (bicyclic) bond motifs is 1. The van der Waals surface area contributed by atoms with E-state index in [9.17, 15) is 14.7 Å². The molecule has 1 aromatic heterocycles. The van der Waals surface area contributed by atoms with E-state index in [1.165, 1.54) is 11.8 Å². The van der Waals surface area contributed by atoms with Gasteiger partial charge in [0.2, 0.25) is 5.91 Å². The second kappa shape index (κ2) is 6.88. The van der Waals surface area contributed by atoms with Gasteiger partial charge in [-0.2, -0.15) is 10.4 Å². The van der Waals surface area contributed by atoms with Gasteiger partial charge in [0.15, 0.2) is 0 Å². The van der Waals surface area contributed by atoms with E-state index < -0.39 is 6.09 Å². The number of hydrogen-bond acceptors (Lipinski definition) is 4. The first-order valence-electron chi connectivity index (χ1n) is 8.26. The van der Waals surface area contributed by atoms with Gasteiger partial charge in [-0.05, 0) is 24.6 Å². The number of hydrogen-bond donors (Lipinski definition) is 1. The first-order chi connectivity index (χ1) is 12.4. The van der Waals surface area contributed by atoms with Crippen molar-refractivity contribution < 1.29 is 14.7 Å². The molecule has 2 aromatic rings. The van der Waals surface area contributed by atoms with Crippen molar-refractivity contribution in [3.05, 3.63) is 30.6 Å². The van der Waals surface area contributed by atoms with Crippen LogP contribution in [-0.4, -0.2) is 39.5 Å². The lowest BCUT2D eigenvalue weighted by atomic mass is 10.0. The summed E-state index contributed by atoms with van der Waals surface area (Å²) in [6, 6.07) is 7.21. The molecule has 1 N–H and O–H groups in total. The maximum absolute atomic E-state index is 12.0. The molecule has 0 fully saturated rings. The van der Waals surface area contributed by atoms with Crippen LogP contribution < -0.4 is 9.80 Å². The molecular weight excluding hydrogens is 334 g/mol. The second-order valence-electron chi connectivity index (χ2n) is 6.23. The summed E-state index contributed by atoms with van der Waals surface area (Å²) in [5, 5.41) is 22.5. The molecule has 2 amide bonds. The maximum atomic E-state index is 12.0. The van der Waals surface area contributed by atoms with Crippen LogP contribution in [-0.2, 0) is 11.3 Å². The van der Waals surface area contributed by atoms with Gasteiger partial charge < -0.3 is 10.0 Å². The Morgan fingerprint density at radius 2 is 2.12 bits per heavy atom. The molecule has 134 valence electrons. The SMILES string of the molecule is CC(=O)N1c2ccc(-c3cnn(CCC#N)c3)cc2N(C(=O)O)C[C@@H]1C. The predicted octanol–water partition coefficient (Wildman–Crippen LogP) is 2.70. The van der Waals surface area contributed by atoms with E-state index in [4.69, 9.17) is 5.26 Å². The Labute approximate surface area is 150 Å². The number of rotatable bonds is 3. The molecule has 1 aliphatic heterocycles. The topological polar surface area (TPSA) is 102 Å². The molecule has 3 rings (SSSR count). The monoisotopic (exact) mass is 353 g/mol. The van der Waals surface area contributed by atoms with E-state index >= 15 is 0 Å². The van der Waals surface area contributed by atoms with Gasteiger partial charge in [-0.25, -0.2) is 4.79 Å². The number of carbonyl (C=O) groups is 2. The standard InChI is InChI=1S/C18H19N5O3/c1-12-10-22(18(25)26)17-8-14(4-5-16(17)23(12)13(2)24)15-9-20-21(11-15)7-3-6-19/h4-5,8-9,11-12H,3,7,10H2,1-2H3,(H,25,26)/t12-/m0/s1. The minimum atomic E-state index is -1.05. The number of nitrogens with zero attached hydrogens (tertiary/aromatic N) is 5. The zero-order valence-electron chi connectivity index (χ0n) is 14.6. The van der Waals surface area contributed by atoms with Crippen LogP contribution in [0.5, 0.6) is 0 Å². The number of carbonyl (C=O) groups excluding carboxylic acids is 1. The zero-order chi connectivity index (χ0) is 18.8. The molecule has 8 nitrogen and oxygen atoms in total. The number of aromatic nitrogens is 2. The Morgan fingerprint density at radius 1 is 1.35 bits per heavy atom. The van der Waals surface area contributed by atoms with Crippen LogP contribution in [0.1, 0.15) is 20.3 Å². The van der Waals surface area contributed by atoms with Gasteiger partial charge in [0.25, 0.3) is 0 Å². The Kier molecular flexibility index (Phi) is 4.63. The summed E-state index contributed by atoms with van der Waals surface area (Å²) in [5.74, 6) is -0.124. The van der Waals surface area contributed by atoms with Crippen molar-refractivity contribution in [2.75, 3.05) is 16.3 Å². The Bertz CT molecular complexity index is 898. The van der Waals surface area contributed by atoms with Crippen LogP contribution in [0.25, 0.3) is 11.1 Å². The van der Waals surface area contributed by atoms with Crippen LogP contribution in [0, 0.1) is 11.3 Å². The van der Waals surface area contributed by atoms with Crippen molar-refractivity contribution in [2.24, 2.45) is 0 Å². The van der Waals surface area contributed by atoms with Crippen LogP contribution in [0.4, 0.5) is 16.2 Å². The molecule has 0 spiro atoms. The third kappa shape index (κ3) is 3.11. The summed E-state index contributed by atoms with van der Waals surface area (Å²) in [6.45, 7) is 4.02. The van der Waals surface area contributed by atoms with E-state index in [2.05, 4.69) is 11.2 Å². The first kappa shape index (κ1) is 17.5.